The molecule has 1 heterocycles. The Hall–Kier alpha value is -0.910. The number of likely N-dealkylation sites (tertiary alicyclic amines) is 1. The zero-order chi connectivity index (χ0) is 20.6. The number of aliphatic imine (C=N–C) groups is 1. The number of sulfonamides is 1. The standard InChI is InChI=1S/C20H35N5O2S.HI/c1-5-21-20(24-18-10-14-25(15-11-18)16(2)3)22-12-13-23-28(26,27)19-8-6-17(4)7-9-19;/h6-9,16,18,23H,5,10-15H2,1-4H3,(H2,21,22,24);1H. The van der Waals surface area contributed by atoms with E-state index in [1.54, 1.807) is 24.3 Å². The average molecular weight is 538 g/mol. The number of benzene rings is 1. The van der Waals surface area contributed by atoms with E-state index in [1.807, 2.05) is 13.8 Å². The van der Waals surface area contributed by atoms with E-state index in [0.29, 0.717) is 18.6 Å². The molecule has 1 fully saturated rings. The Kier molecular flexibility index (Phi) is 11.4. The lowest BCUT2D eigenvalue weighted by Crippen LogP contribution is -2.50. The average Bonchev–Trinajstić information content (AvgIpc) is 2.66. The van der Waals surface area contributed by atoms with Crippen LogP contribution in [-0.4, -0.2) is 64.1 Å². The largest absolute Gasteiger partial charge is 0.357 e. The number of aryl methyl sites for hydroxylation is 1. The number of guanidine groups is 1. The van der Waals surface area contributed by atoms with Crippen LogP contribution < -0.4 is 15.4 Å². The fourth-order valence-corrected chi connectivity index (χ4v) is 4.24. The van der Waals surface area contributed by atoms with E-state index < -0.39 is 10.0 Å². The highest BCUT2D eigenvalue weighted by Crippen LogP contribution is 2.13. The van der Waals surface area contributed by atoms with Crippen molar-refractivity contribution in [1.29, 1.82) is 0 Å². The Labute approximate surface area is 193 Å². The second-order valence-corrected chi connectivity index (χ2v) is 9.29. The summed E-state index contributed by atoms with van der Waals surface area (Å²) in [5.41, 5.74) is 1.03. The van der Waals surface area contributed by atoms with E-state index in [9.17, 15) is 8.42 Å². The molecule has 7 nitrogen and oxygen atoms in total. The maximum absolute atomic E-state index is 12.3. The smallest absolute Gasteiger partial charge is 0.240 e. The molecule has 1 aliphatic rings. The van der Waals surface area contributed by atoms with Crippen molar-refractivity contribution >= 4 is 40.0 Å². The minimum absolute atomic E-state index is 0. The lowest BCUT2D eigenvalue weighted by molar-refractivity contribution is 0.167. The molecule has 1 saturated heterocycles. The minimum atomic E-state index is -3.49. The molecule has 29 heavy (non-hydrogen) atoms. The zero-order valence-corrected chi connectivity index (χ0v) is 21.1. The number of hydrogen-bond donors (Lipinski definition) is 3. The van der Waals surface area contributed by atoms with Crippen molar-refractivity contribution in [3.8, 4) is 0 Å². The van der Waals surface area contributed by atoms with Crippen molar-refractivity contribution in [2.75, 3.05) is 32.7 Å². The molecule has 1 aromatic rings. The van der Waals surface area contributed by atoms with E-state index in [1.165, 1.54) is 0 Å². The third-order valence-corrected chi connectivity index (χ3v) is 6.43. The van der Waals surface area contributed by atoms with E-state index in [0.717, 1.165) is 44.0 Å². The van der Waals surface area contributed by atoms with E-state index in [2.05, 4.69) is 39.1 Å². The SMILES string of the molecule is CCNC(=NCCNS(=O)(=O)c1ccc(C)cc1)NC1CCN(C(C)C)CC1.I. The van der Waals surface area contributed by atoms with Crippen molar-refractivity contribution in [1.82, 2.24) is 20.3 Å². The molecule has 0 saturated carbocycles. The highest BCUT2D eigenvalue weighted by atomic mass is 127. The van der Waals surface area contributed by atoms with E-state index in [4.69, 9.17) is 0 Å². The Morgan fingerprint density at radius 3 is 2.38 bits per heavy atom. The van der Waals surface area contributed by atoms with Crippen LogP contribution >= 0.6 is 24.0 Å². The van der Waals surface area contributed by atoms with Crippen LogP contribution in [0, 0.1) is 6.92 Å². The summed E-state index contributed by atoms with van der Waals surface area (Å²) in [6.07, 6.45) is 2.17. The van der Waals surface area contributed by atoms with Crippen LogP contribution in [0.4, 0.5) is 0 Å². The molecule has 0 aromatic heterocycles. The molecule has 0 bridgehead atoms. The molecule has 0 unspecified atom stereocenters. The number of nitrogens with zero attached hydrogens (tertiary/aromatic N) is 2. The summed E-state index contributed by atoms with van der Waals surface area (Å²) < 4.78 is 27.3. The van der Waals surface area contributed by atoms with Gasteiger partial charge in [0, 0.05) is 38.3 Å². The molecular formula is C20H36IN5O2S. The van der Waals surface area contributed by atoms with Gasteiger partial charge in [-0.25, -0.2) is 13.1 Å². The fourth-order valence-electron chi connectivity index (χ4n) is 3.22. The van der Waals surface area contributed by atoms with Crippen LogP contribution in [0.1, 0.15) is 39.2 Å². The zero-order valence-electron chi connectivity index (χ0n) is 17.9. The molecule has 1 aromatic carbocycles. The van der Waals surface area contributed by atoms with Gasteiger partial charge in [0.1, 0.15) is 0 Å². The molecular weight excluding hydrogens is 501 g/mol. The number of rotatable bonds is 8. The summed E-state index contributed by atoms with van der Waals surface area (Å²) in [5.74, 6) is 0.750. The number of hydrogen-bond acceptors (Lipinski definition) is 4. The van der Waals surface area contributed by atoms with Gasteiger partial charge in [-0.3, -0.25) is 4.99 Å². The monoisotopic (exact) mass is 537 g/mol. The summed E-state index contributed by atoms with van der Waals surface area (Å²) in [6, 6.07) is 7.82. The second-order valence-electron chi connectivity index (χ2n) is 7.52. The Morgan fingerprint density at radius 1 is 1.21 bits per heavy atom. The number of piperidine rings is 1. The molecule has 0 aliphatic carbocycles. The molecule has 0 radical (unpaired) electrons. The van der Waals surface area contributed by atoms with Gasteiger partial charge in [-0.1, -0.05) is 17.7 Å². The van der Waals surface area contributed by atoms with Gasteiger partial charge in [0.15, 0.2) is 5.96 Å². The van der Waals surface area contributed by atoms with Gasteiger partial charge < -0.3 is 15.5 Å². The van der Waals surface area contributed by atoms with Crippen LogP contribution in [0.15, 0.2) is 34.2 Å². The van der Waals surface area contributed by atoms with Crippen LogP contribution in [0.2, 0.25) is 0 Å². The van der Waals surface area contributed by atoms with Gasteiger partial charge in [0.25, 0.3) is 0 Å². The van der Waals surface area contributed by atoms with Gasteiger partial charge in [-0.2, -0.15) is 0 Å². The van der Waals surface area contributed by atoms with Crippen LogP contribution in [0.25, 0.3) is 0 Å². The molecule has 0 amide bonds. The lowest BCUT2D eigenvalue weighted by atomic mass is 10.0. The molecule has 0 spiro atoms. The van der Waals surface area contributed by atoms with Gasteiger partial charge >= 0.3 is 0 Å². The first-order valence-electron chi connectivity index (χ1n) is 10.2. The topological polar surface area (TPSA) is 85.8 Å². The molecule has 1 aliphatic heterocycles. The third kappa shape index (κ3) is 8.77. The van der Waals surface area contributed by atoms with Crippen molar-refractivity contribution in [2.24, 2.45) is 4.99 Å². The summed E-state index contributed by atoms with van der Waals surface area (Å²) in [6.45, 7) is 12.0. The van der Waals surface area contributed by atoms with Gasteiger partial charge in [-0.05, 0) is 52.7 Å². The highest BCUT2D eigenvalue weighted by molar-refractivity contribution is 14.0. The quantitative estimate of drug-likeness (QED) is 0.205. The predicted octanol–water partition coefficient (Wildman–Crippen LogP) is 2.32. The Morgan fingerprint density at radius 2 is 1.83 bits per heavy atom. The third-order valence-electron chi connectivity index (χ3n) is 4.95. The van der Waals surface area contributed by atoms with Gasteiger partial charge in [0.2, 0.25) is 10.0 Å². The second kappa shape index (κ2) is 12.7. The van der Waals surface area contributed by atoms with Gasteiger partial charge in [0.05, 0.1) is 11.4 Å². The van der Waals surface area contributed by atoms with Crippen molar-refractivity contribution in [3.63, 3.8) is 0 Å². The van der Waals surface area contributed by atoms with E-state index >= 15 is 0 Å². The number of halogens is 1. The first-order valence-corrected chi connectivity index (χ1v) is 11.7. The molecule has 3 N–H and O–H groups in total. The maximum Gasteiger partial charge on any atom is 0.240 e. The summed E-state index contributed by atoms with van der Waals surface area (Å²) in [5, 5.41) is 6.73. The molecule has 9 heteroatoms. The maximum atomic E-state index is 12.3. The summed E-state index contributed by atoms with van der Waals surface area (Å²) in [7, 11) is -3.49. The highest BCUT2D eigenvalue weighted by Gasteiger charge is 2.21. The number of nitrogens with one attached hydrogen (secondary N) is 3. The van der Waals surface area contributed by atoms with Crippen molar-refractivity contribution < 1.29 is 8.42 Å². The summed E-state index contributed by atoms with van der Waals surface area (Å²) in [4.78, 5) is 7.30. The lowest BCUT2D eigenvalue weighted by Gasteiger charge is -2.35. The van der Waals surface area contributed by atoms with Crippen molar-refractivity contribution in [3.05, 3.63) is 29.8 Å². The first-order chi connectivity index (χ1) is 13.3. The normalized spacial score (nSPS) is 16.5. The minimum Gasteiger partial charge on any atom is -0.357 e. The molecule has 2 rings (SSSR count). The Bertz CT molecular complexity index is 730. The summed E-state index contributed by atoms with van der Waals surface area (Å²) >= 11 is 0. The van der Waals surface area contributed by atoms with E-state index in [-0.39, 0.29) is 35.4 Å². The van der Waals surface area contributed by atoms with Crippen LogP contribution in [-0.2, 0) is 10.0 Å². The Balaban J connectivity index is 0.00000420. The van der Waals surface area contributed by atoms with Crippen molar-refractivity contribution in [2.45, 2.75) is 57.5 Å². The van der Waals surface area contributed by atoms with Gasteiger partial charge in [-0.15, -0.1) is 24.0 Å². The first kappa shape index (κ1) is 26.1. The van der Waals surface area contributed by atoms with Crippen LogP contribution in [0.3, 0.4) is 0 Å². The predicted molar refractivity (Wildman–Crippen MR) is 131 cm³/mol. The molecule has 0 atom stereocenters. The molecule has 166 valence electrons. The van der Waals surface area contributed by atoms with Crippen LogP contribution in [0.5, 0.6) is 0 Å². The fraction of sp³-hybridized carbons (Fsp3) is 0.650.